The molecule has 0 aliphatic carbocycles. The van der Waals surface area contributed by atoms with Gasteiger partial charge in [-0.3, -0.25) is 0 Å². The Bertz CT molecular complexity index is 28.5. The van der Waals surface area contributed by atoms with Crippen LogP contribution in [0.25, 0.3) is 0 Å². The predicted molar refractivity (Wildman–Crippen MR) is 32.0 cm³/mol. The molecule has 2 atom stereocenters. The van der Waals surface area contributed by atoms with Gasteiger partial charge in [0, 0.05) is 10.9 Å². The Morgan fingerprint density at radius 1 is 1.50 bits per heavy atom. The van der Waals surface area contributed by atoms with Crippen molar-refractivity contribution in [1.29, 1.82) is 0 Å². The lowest BCUT2D eigenvalue weighted by Crippen LogP contribution is -2.23. The number of alkyl halides is 1. The van der Waals surface area contributed by atoms with Crippen molar-refractivity contribution in [3.8, 4) is 0 Å². The monoisotopic (exact) mass is 151 g/mol. The highest BCUT2D eigenvalue weighted by molar-refractivity contribution is 9.09. The predicted octanol–water partition coefficient (Wildman–Crippen LogP) is 1.12. The van der Waals surface area contributed by atoms with Gasteiger partial charge in [-0.25, -0.2) is 0 Å². The Balaban J connectivity index is 2.99. The molecular formula is C4H10BrN. The topological polar surface area (TPSA) is 26.0 Å². The van der Waals surface area contributed by atoms with E-state index in [4.69, 9.17) is 5.73 Å². The molecule has 0 aromatic carbocycles. The van der Waals surface area contributed by atoms with E-state index in [2.05, 4.69) is 15.9 Å². The molecule has 0 bridgehead atoms. The Morgan fingerprint density at radius 2 is 1.67 bits per heavy atom. The molecule has 0 rings (SSSR count). The molecule has 0 radical (unpaired) electrons. The van der Waals surface area contributed by atoms with Crippen molar-refractivity contribution in [2.24, 2.45) is 5.73 Å². The standard InChI is InChI=1S/C4H10BrN/c1-3(5)4(2)6/h3-4H,6H2,1-2H3/t3-,4-/m0/s1. The van der Waals surface area contributed by atoms with Gasteiger partial charge in [0.05, 0.1) is 0 Å². The summed E-state index contributed by atoms with van der Waals surface area (Å²) in [4.78, 5) is 0.442. The quantitative estimate of drug-likeness (QED) is 0.559. The van der Waals surface area contributed by atoms with Crippen LogP contribution < -0.4 is 5.73 Å². The second-order valence-electron chi connectivity index (χ2n) is 1.54. The second-order valence-corrected chi connectivity index (χ2v) is 2.98. The van der Waals surface area contributed by atoms with Crippen LogP contribution in [-0.2, 0) is 0 Å². The van der Waals surface area contributed by atoms with Crippen LogP contribution in [-0.4, -0.2) is 10.9 Å². The molecule has 0 heterocycles. The van der Waals surface area contributed by atoms with E-state index in [1.165, 1.54) is 0 Å². The number of halogens is 1. The molecule has 38 valence electrons. The molecule has 0 saturated heterocycles. The van der Waals surface area contributed by atoms with Gasteiger partial charge in [0.15, 0.2) is 0 Å². The van der Waals surface area contributed by atoms with Gasteiger partial charge in [0.2, 0.25) is 0 Å². The smallest absolute Gasteiger partial charge is 0.0266 e. The fourth-order valence-corrected chi connectivity index (χ4v) is 0. The molecule has 0 fully saturated rings. The Kier molecular flexibility index (Phi) is 2.78. The normalized spacial score (nSPS) is 20.0. The first-order valence-corrected chi connectivity index (χ1v) is 2.96. The van der Waals surface area contributed by atoms with E-state index in [1.807, 2.05) is 13.8 Å². The summed E-state index contributed by atoms with van der Waals surface area (Å²) in [5, 5.41) is 0. The molecule has 6 heavy (non-hydrogen) atoms. The lowest BCUT2D eigenvalue weighted by Gasteiger charge is -2.03. The minimum Gasteiger partial charge on any atom is -0.327 e. The third kappa shape index (κ3) is 2.67. The first-order valence-electron chi connectivity index (χ1n) is 2.04. The fourth-order valence-electron chi connectivity index (χ4n) is 0. The van der Waals surface area contributed by atoms with Gasteiger partial charge in [-0.1, -0.05) is 22.9 Å². The van der Waals surface area contributed by atoms with Crippen LogP contribution in [0.1, 0.15) is 13.8 Å². The first-order chi connectivity index (χ1) is 2.64. The van der Waals surface area contributed by atoms with Gasteiger partial charge in [-0.2, -0.15) is 0 Å². The van der Waals surface area contributed by atoms with Crippen molar-refractivity contribution >= 4 is 15.9 Å². The minimum absolute atomic E-state index is 0.269. The lowest BCUT2D eigenvalue weighted by atomic mass is 10.3. The zero-order valence-electron chi connectivity index (χ0n) is 4.11. The van der Waals surface area contributed by atoms with Gasteiger partial charge < -0.3 is 5.73 Å². The summed E-state index contributed by atoms with van der Waals surface area (Å²) in [7, 11) is 0. The summed E-state index contributed by atoms with van der Waals surface area (Å²) >= 11 is 3.31. The maximum absolute atomic E-state index is 5.39. The van der Waals surface area contributed by atoms with Crippen molar-refractivity contribution in [2.75, 3.05) is 0 Å². The van der Waals surface area contributed by atoms with Crippen molar-refractivity contribution in [3.05, 3.63) is 0 Å². The van der Waals surface area contributed by atoms with E-state index in [9.17, 15) is 0 Å². The van der Waals surface area contributed by atoms with E-state index >= 15 is 0 Å². The van der Waals surface area contributed by atoms with Crippen LogP contribution >= 0.6 is 15.9 Å². The van der Waals surface area contributed by atoms with Gasteiger partial charge in [0.25, 0.3) is 0 Å². The average Bonchev–Trinajstić information content (AvgIpc) is 1.36. The largest absolute Gasteiger partial charge is 0.327 e. The molecule has 0 saturated carbocycles. The summed E-state index contributed by atoms with van der Waals surface area (Å²) in [5.74, 6) is 0. The molecule has 0 aliphatic heterocycles. The van der Waals surface area contributed by atoms with Crippen molar-refractivity contribution in [1.82, 2.24) is 0 Å². The lowest BCUT2D eigenvalue weighted by molar-refractivity contribution is 0.740. The minimum atomic E-state index is 0.269. The molecule has 0 unspecified atom stereocenters. The molecule has 0 aliphatic rings. The number of rotatable bonds is 1. The van der Waals surface area contributed by atoms with Crippen molar-refractivity contribution in [2.45, 2.75) is 24.7 Å². The van der Waals surface area contributed by atoms with E-state index < -0.39 is 0 Å². The van der Waals surface area contributed by atoms with Crippen LogP contribution in [0.2, 0.25) is 0 Å². The zero-order chi connectivity index (χ0) is 5.15. The van der Waals surface area contributed by atoms with Gasteiger partial charge in [-0.15, -0.1) is 0 Å². The molecule has 1 nitrogen and oxygen atoms in total. The third-order valence-electron chi connectivity index (χ3n) is 0.725. The number of hydrogen-bond donors (Lipinski definition) is 1. The SMILES string of the molecule is C[C@H](N)[C@H](C)Br. The molecular weight excluding hydrogens is 142 g/mol. The number of hydrogen-bond acceptors (Lipinski definition) is 1. The summed E-state index contributed by atoms with van der Waals surface area (Å²) in [6.07, 6.45) is 0. The molecule has 2 N–H and O–H groups in total. The highest BCUT2D eigenvalue weighted by Gasteiger charge is 1.98. The molecule has 0 aromatic heterocycles. The van der Waals surface area contributed by atoms with Crippen molar-refractivity contribution < 1.29 is 0 Å². The van der Waals surface area contributed by atoms with Crippen LogP contribution in [0.3, 0.4) is 0 Å². The van der Waals surface area contributed by atoms with Gasteiger partial charge in [-0.05, 0) is 6.92 Å². The van der Waals surface area contributed by atoms with Gasteiger partial charge in [0.1, 0.15) is 0 Å². The fraction of sp³-hybridized carbons (Fsp3) is 1.00. The van der Waals surface area contributed by atoms with Gasteiger partial charge >= 0.3 is 0 Å². The van der Waals surface area contributed by atoms with Crippen LogP contribution in [0.15, 0.2) is 0 Å². The Hall–Kier alpha value is 0.440. The van der Waals surface area contributed by atoms with Crippen LogP contribution in [0.4, 0.5) is 0 Å². The number of nitrogens with two attached hydrogens (primary N) is 1. The highest BCUT2D eigenvalue weighted by atomic mass is 79.9. The second kappa shape index (κ2) is 2.59. The molecule has 0 amide bonds. The third-order valence-corrected chi connectivity index (χ3v) is 1.56. The summed E-state index contributed by atoms with van der Waals surface area (Å²) in [6, 6.07) is 0.269. The maximum atomic E-state index is 5.39. The molecule has 0 spiro atoms. The highest BCUT2D eigenvalue weighted by Crippen LogP contribution is 1.98. The van der Waals surface area contributed by atoms with E-state index in [0.717, 1.165) is 0 Å². The van der Waals surface area contributed by atoms with E-state index in [1.54, 1.807) is 0 Å². The van der Waals surface area contributed by atoms with E-state index in [-0.39, 0.29) is 6.04 Å². The Labute approximate surface area is 47.0 Å². The molecule has 2 heteroatoms. The first kappa shape index (κ1) is 6.44. The van der Waals surface area contributed by atoms with E-state index in [0.29, 0.717) is 4.83 Å². The van der Waals surface area contributed by atoms with Crippen molar-refractivity contribution in [3.63, 3.8) is 0 Å². The Morgan fingerprint density at radius 3 is 1.67 bits per heavy atom. The summed E-state index contributed by atoms with van der Waals surface area (Å²) in [5.41, 5.74) is 5.39. The van der Waals surface area contributed by atoms with Crippen LogP contribution in [0, 0.1) is 0 Å². The molecule has 0 aromatic rings. The maximum Gasteiger partial charge on any atom is 0.0266 e. The average molecular weight is 152 g/mol. The van der Waals surface area contributed by atoms with Crippen LogP contribution in [0.5, 0.6) is 0 Å². The summed E-state index contributed by atoms with van der Waals surface area (Å²) in [6.45, 7) is 4.00. The summed E-state index contributed by atoms with van der Waals surface area (Å²) < 4.78 is 0. The zero-order valence-corrected chi connectivity index (χ0v) is 5.70.